The van der Waals surface area contributed by atoms with Crippen molar-refractivity contribution in [2.45, 2.75) is 26.5 Å². The van der Waals surface area contributed by atoms with Crippen molar-refractivity contribution in [2.24, 2.45) is 0 Å². The SMILES string of the molecule is Cc1cc(C(=O)COC(=O)c2ccc(Br)cc2)c(C)n1CC1COc2ccccc2O1. The van der Waals surface area contributed by atoms with Crippen LogP contribution in [0.1, 0.15) is 32.1 Å². The van der Waals surface area contributed by atoms with E-state index in [-0.39, 0.29) is 18.5 Å². The van der Waals surface area contributed by atoms with Crippen LogP contribution in [0.15, 0.2) is 59.1 Å². The van der Waals surface area contributed by atoms with Crippen LogP contribution in [-0.2, 0) is 11.3 Å². The van der Waals surface area contributed by atoms with Gasteiger partial charge in [0.05, 0.1) is 12.1 Å². The van der Waals surface area contributed by atoms with Gasteiger partial charge in [-0.3, -0.25) is 4.79 Å². The third kappa shape index (κ3) is 4.66. The second kappa shape index (κ2) is 8.98. The molecule has 3 aromatic rings. The van der Waals surface area contributed by atoms with E-state index in [4.69, 9.17) is 14.2 Å². The van der Waals surface area contributed by atoms with Gasteiger partial charge >= 0.3 is 5.97 Å². The van der Waals surface area contributed by atoms with Crippen molar-refractivity contribution in [3.05, 3.63) is 81.6 Å². The van der Waals surface area contributed by atoms with Crippen molar-refractivity contribution in [1.29, 1.82) is 0 Å². The molecule has 6 nitrogen and oxygen atoms in total. The quantitative estimate of drug-likeness (QED) is 0.373. The standard InChI is InChI=1S/C24H22BrNO5/c1-15-11-20(21(27)14-30-24(28)17-7-9-18(25)10-8-17)16(2)26(15)12-19-13-29-22-5-3-4-6-23(22)31-19/h3-11,19H,12-14H2,1-2H3. The summed E-state index contributed by atoms with van der Waals surface area (Å²) in [6, 6.07) is 16.2. The van der Waals surface area contributed by atoms with Crippen LogP contribution in [0.25, 0.3) is 0 Å². The summed E-state index contributed by atoms with van der Waals surface area (Å²) >= 11 is 3.32. The zero-order chi connectivity index (χ0) is 22.0. The molecule has 1 aliphatic heterocycles. The van der Waals surface area contributed by atoms with Crippen molar-refractivity contribution in [1.82, 2.24) is 4.57 Å². The molecule has 160 valence electrons. The molecule has 0 radical (unpaired) electrons. The Balaban J connectivity index is 1.41. The van der Waals surface area contributed by atoms with E-state index in [0.29, 0.717) is 24.3 Å². The Morgan fingerprint density at radius 3 is 2.55 bits per heavy atom. The molecular weight excluding hydrogens is 462 g/mol. The molecule has 2 aromatic carbocycles. The number of fused-ring (bicyclic) bond motifs is 1. The largest absolute Gasteiger partial charge is 0.486 e. The van der Waals surface area contributed by atoms with Gasteiger partial charge in [0.15, 0.2) is 24.2 Å². The van der Waals surface area contributed by atoms with Gasteiger partial charge in [0.1, 0.15) is 6.61 Å². The van der Waals surface area contributed by atoms with Crippen LogP contribution in [0.5, 0.6) is 11.5 Å². The van der Waals surface area contributed by atoms with Gasteiger partial charge in [0.25, 0.3) is 0 Å². The zero-order valence-electron chi connectivity index (χ0n) is 17.3. The number of hydrogen-bond acceptors (Lipinski definition) is 5. The number of carbonyl (C=O) groups excluding carboxylic acids is 2. The van der Waals surface area contributed by atoms with Gasteiger partial charge in [-0.25, -0.2) is 4.79 Å². The maximum absolute atomic E-state index is 12.7. The number of ether oxygens (including phenoxy) is 3. The van der Waals surface area contributed by atoms with Crippen LogP contribution >= 0.6 is 15.9 Å². The van der Waals surface area contributed by atoms with Crippen LogP contribution in [-0.4, -0.2) is 35.6 Å². The summed E-state index contributed by atoms with van der Waals surface area (Å²) in [6.07, 6.45) is -0.169. The molecule has 4 rings (SSSR count). The Kier molecular flexibility index (Phi) is 6.13. The number of nitrogens with zero attached hydrogens (tertiary/aromatic N) is 1. The first-order chi connectivity index (χ1) is 14.9. The summed E-state index contributed by atoms with van der Waals surface area (Å²) in [5.41, 5.74) is 2.68. The number of carbonyl (C=O) groups is 2. The zero-order valence-corrected chi connectivity index (χ0v) is 18.8. The van der Waals surface area contributed by atoms with Crippen molar-refractivity contribution in [3.8, 4) is 11.5 Å². The number of benzene rings is 2. The maximum Gasteiger partial charge on any atom is 0.338 e. The van der Waals surface area contributed by atoms with Crippen LogP contribution in [0.4, 0.5) is 0 Å². The number of Topliss-reactive ketones (excluding diaryl/α,β-unsaturated/α-hetero) is 1. The molecule has 0 N–H and O–H groups in total. The first-order valence-corrected chi connectivity index (χ1v) is 10.7. The molecule has 0 aliphatic carbocycles. The van der Waals surface area contributed by atoms with Crippen molar-refractivity contribution in [2.75, 3.05) is 13.2 Å². The Morgan fingerprint density at radius 2 is 1.81 bits per heavy atom. The Morgan fingerprint density at radius 1 is 1.10 bits per heavy atom. The fraction of sp³-hybridized carbons (Fsp3) is 0.250. The summed E-state index contributed by atoms with van der Waals surface area (Å²) in [6.45, 7) is 4.50. The number of halogens is 1. The molecule has 0 spiro atoms. The van der Waals surface area contributed by atoms with Gasteiger partial charge in [-0.2, -0.15) is 0 Å². The lowest BCUT2D eigenvalue weighted by Crippen LogP contribution is -2.33. The van der Waals surface area contributed by atoms with E-state index in [1.807, 2.05) is 48.7 Å². The fourth-order valence-electron chi connectivity index (χ4n) is 3.60. The minimum absolute atomic E-state index is 0.169. The minimum Gasteiger partial charge on any atom is -0.486 e. The summed E-state index contributed by atoms with van der Waals surface area (Å²) < 4.78 is 20.0. The molecular formula is C24H22BrNO5. The molecule has 0 saturated carbocycles. The smallest absolute Gasteiger partial charge is 0.338 e. The predicted octanol–water partition coefficient (Wildman–Crippen LogP) is 4.75. The first kappa shape index (κ1) is 21.2. The Labute approximate surface area is 188 Å². The number of aryl methyl sites for hydroxylation is 1. The number of hydrogen-bond donors (Lipinski definition) is 0. The fourth-order valence-corrected chi connectivity index (χ4v) is 3.86. The lowest BCUT2D eigenvalue weighted by molar-refractivity contribution is 0.0474. The molecule has 1 atom stereocenters. The maximum atomic E-state index is 12.7. The van der Waals surface area contributed by atoms with Crippen LogP contribution < -0.4 is 9.47 Å². The third-order valence-electron chi connectivity index (χ3n) is 5.24. The highest BCUT2D eigenvalue weighted by atomic mass is 79.9. The van der Waals surface area contributed by atoms with E-state index >= 15 is 0 Å². The third-order valence-corrected chi connectivity index (χ3v) is 5.77. The summed E-state index contributed by atoms with van der Waals surface area (Å²) in [5.74, 6) is 0.692. The highest BCUT2D eigenvalue weighted by molar-refractivity contribution is 9.10. The monoisotopic (exact) mass is 483 g/mol. The summed E-state index contributed by atoms with van der Waals surface area (Å²) in [4.78, 5) is 24.9. The van der Waals surface area contributed by atoms with E-state index in [1.54, 1.807) is 24.3 Å². The molecule has 0 fully saturated rings. The van der Waals surface area contributed by atoms with Gasteiger partial charge in [-0.15, -0.1) is 0 Å². The van der Waals surface area contributed by atoms with E-state index in [9.17, 15) is 9.59 Å². The van der Waals surface area contributed by atoms with Gasteiger partial charge < -0.3 is 18.8 Å². The second-order valence-electron chi connectivity index (χ2n) is 7.40. The minimum atomic E-state index is -0.527. The highest BCUT2D eigenvalue weighted by Gasteiger charge is 2.24. The van der Waals surface area contributed by atoms with E-state index in [0.717, 1.165) is 27.4 Å². The van der Waals surface area contributed by atoms with E-state index in [1.165, 1.54) is 0 Å². The van der Waals surface area contributed by atoms with Crippen LogP contribution in [0, 0.1) is 13.8 Å². The Bertz CT molecular complexity index is 1120. The summed E-state index contributed by atoms with van der Waals surface area (Å²) in [7, 11) is 0. The topological polar surface area (TPSA) is 66.8 Å². The number of aromatic nitrogens is 1. The molecule has 0 amide bonds. The van der Waals surface area contributed by atoms with Gasteiger partial charge in [0, 0.05) is 21.4 Å². The molecule has 1 unspecified atom stereocenters. The van der Waals surface area contributed by atoms with Crippen molar-refractivity contribution < 1.29 is 23.8 Å². The lowest BCUT2D eigenvalue weighted by atomic mass is 10.1. The average molecular weight is 484 g/mol. The summed E-state index contributed by atoms with van der Waals surface area (Å²) in [5, 5.41) is 0. The van der Waals surface area contributed by atoms with Gasteiger partial charge in [0.2, 0.25) is 5.78 Å². The molecule has 1 aromatic heterocycles. The number of esters is 1. The number of ketones is 1. The van der Waals surface area contributed by atoms with E-state index in [2.05, 4.69) is 15.9 Å². The first-order valence-electron chi connectivity index (χ1n) is 9.93. The molecule has 2 heterocycles. The second-order valence-corrected chi connectivity index (χ2v) is 8.31. The molecule has 31 heavy (non-hydrogen) atoms. The lowest BCUT2D eigenvalue weighted by Gasteiger charge is -2.27. The highest BCUT2D eigenvalue weighted by Crippen LogP contribution is 2.31. The number of rotatable bonds is 6. The van der Waals surface area contributed by atoms with Crippen LogP contribution in [0.2, 0.25) is 0 Å². The molecule has 1 aliphatic rings. The van der Waals surface area contributed by atoms with Crippen molar-refractivity contribution >= 4 is 27.7 Å². The molecule has 7 heteroatoms. The van der Waals surface area contributed by atoms with Gasteiger partial charge in [-0.05, 0) is 56.3 Å². The number of para-hydroxylation sites is 2. The normalized spacial score (nSPS) is 14.9. The van der Waals surface area contributed by atoms with Crippen LogP contribution in [0.3, 0.4) is 0 Å². The van der Waals surface area contributed by atoms with Gasteiger partial charge in [-0.1, -0.05) is 28.1 Å². The molecule has 0 bridgehead atoms. The van der Waals surface area contributed by atoms with E-state index < -0.39 is 5.97 Å². The molecule has 0 saturated heterocycles. The Hall–Kier alpha value is -3.06. The predicted molar refractivity (Wildman–Crippen MR) is 119 cm³/mol. The van der Waals surface area contributed by atoms with Crippen molar-refractivity contribution in [3.63, 3.8) is 0 Å². The average Bonchev–Trinajstić information content (AvgIpc) is 3.06.